The Morgan fingerprint density at radius 2 is 1.79 bits per heavy atom. The van der Waals surface area contributed by atoms with Gasteiger partial charge in [0.05, 0.1) is 11.8 Å². The highest BCUT2D eigenvalue weighted by Crippen LogP contribution is 2.44. The Labute approximate surface area is 124 Å². The molecule has 2 fully saturated rings. The molecular formula is C15H24BrNO2. The third-order valence-electron chi connectivity index (χ3n) is 4.85. The van der Waals surface area contributed by atoms with E-state index >= 15 is 0 Å². The van der Waals surface area contributed by atoms with Crippen molar-refractivity contribution in [2.75, 3.05) is 11.9 Å². The van der Waals surface area contributed by atoms with Gasteiger partial charge in [0, 0.05) is 11.9 Å². The predicted molar refractivity (Wildman–Crippen MR) is 78.9 cm³/mol. The van der Waals surface area contributed by atoms with Crippen molar-refractivity contribution in [2.24, 2.45) is 23.7 Å². The molecule has 0 radical (unpaired) electrons. The maximum absolute atomic E-state index is 12.3. The van der Waals surface area contributed by atoms with Crippen LogP contribution >= 0.6 is 15.9 Å². The van der Waals surface area contributed by atoms with Crippen molar-refractivity contribution in [3.05, 3.63) is 0 Å². The first kappa shape index (κ1) is 15.0. The van der Waals surface area contributed by atoms with Gasteiger partial charge in [-0.15, -0.1) is 0 Å². The molecule has 4 heteroatoms. The first-order valence-electron chi connectivity index (χ1n) is 7.49. The minimum atomic E-state index is 0.00364. The lowest BCUT2D eigenvalue weighted by Crippen LogP contribution is -2.34. The average Bonchev–Trinajstić information content (AvgIpc) is 2.90. The minimum absolute atomic E-state index is 0.00364. The van der Waals surface area contributed by atoms with Crippen molar-refractivity contribution < 1.29 is 9.59 Å². The van der Waals surface area contributed by atoms with E-state index in [1.54, 1.807) is 4.90 Å². The molecule has 2 rings (SSSR count). The van der Waals surface area contributed by atoms with E-state index in [4.69, 9.17) is 0 Å². The number of hydrogen-bond donors (Lipinski definition) is 0. The van der Waals surface area contributed by atoms with Crippen molar-refractivity contribution in [3.8, 4) is 0 Å². The summed E-state index contributed by atoms with van der Waals surface area (Å²) in [4.78, 5) is 26.2. The summed E-state index contributed by atoms with van der Waals surface area (Å²) in [5.41, 5.74) is 0. The number of hydrogen-bond acceptors (Lipinski definition) is 2. The number of carbonyl (C=O) groups is 2. The predicted octanol–water partition coefficient (Wildman–Crippen LogP) is 3.22. The fourth-order valence-electron chi connectivity index (χ4n) is 3.43. The molecule has 19 heavy (non-hydrogen) atoms. The summed E-state index contributed by atoms with van der Waals surface area (Å²) in [6, 6.07) is 0. The first-order chi connectivity index (χ1) is 9.08. The first-order valence-corrected chi connectivity index (χ1v) is 8.61. The number of amides is 2. The molecule has 1 aliphatic heterocycles. The van der Waals surface area contributed by atoms with Gasteiger partial charge in [0.2, 0.25) is 11.8 Å². The highest BCUT2D eigenvalue weighted by molar-refractivity contribution is 9.09. The lowest BCUT2D eigenvalue weighted by Gasteiger charge is -2.19. The largest absolute Gasteiger partial charge is 0.282 e. The van der Waals surface area contributed by atoms with Gasteiger partial charge in [-0.05, 0) is 37.5 Å². The molecule has 0 aromatic carbocycles. The van der Waals surface area contributed by atoms with Gasteiger partial charge in [-0.25, -0.2) is 0 Å². The number of rotatable bonds is 6. The molecule has 3 nitrogen and oxygen atoms in total. The van der Waals surface area contributed by atoms with Gasteiger partial charge in [-0.1, -0.05) is 36.2 Å². The highest BCUT2D eigenvalue weighted by Gasteiger charge is 2.51. The number of alkyl halides is 1. The standard InChI is InChI=1S/C15H24BrNO2/c1-3-11-8-12-13(9-11)15(19)17(14(12)18)7-5-10(2)4-6-16/h10-13H,3-9H2,1-2H3. The molecule has 3 unspecified atom stereocenters. The summed E-state index contributed by atoms with van der Waals surface area (Å²) in [7, 11) is 0. The fraction of sp³-hybridized carbons (Fsp3) is 0.867. The normalized spacial score (nSPS) is 31.9. The van der Waals surface area contributed by atoms with Gasteiger partial charge in [0.25, 0.3) is 0 Å². The molecule has 3 atom stereocenters. The quantitative estimate of drug-likeness (QED) is 0.554. The zero-order valence-corrected chi connectivity index (χ0v) is 13.5. The van der Waals surface area contributed by atoms with Crippen LogP contribution in [0, 0.1) is 23.7 Å². The number of nitrogens with zero attached hydrogens (tertiary/aromatic N) is 1. The summed E-state index contributed by atoms with van der Waals surface area (Å²) in [5, 5.41) is 0.986. The Balaban J connectivity index is 1.91. The number of fused-ring (bicyclic) bond motifs is 1. The van der Waals surface area contributed by atoms with Crippen LogP contribution in [0.15, 0.2) is 0 Å². The van der Waals surface area contributed by atoms with Crippen molar-refractivity contribution in [1.82, 2.24) is 4.90 Å². The Bertz CT molecular complexity index is 334. The fourth-order valence-corrected chi connectivity index (χ4v) is 4.21. The second-order valence-electron chi connectivity index (χ2n) is 6.16. The Morgan fingerprint density at radius 1 is 1.21 bits per heavy atom. The Kier molecular flexibility index (Phi) is 5.04. The van der Waals surface area contributed by atoms with Gasteiger partial charge in [0.15, 0.2) is 0 Å². The van der Waals surface area contributed by atoms with E-state index in [2.05, 4.69) is 29.8 Å². The smallest absolute Gasteiger partial charge is 0.233 e. The molecule has 1 saturated carbocycles. The van der Waals surface area contributed by atoms with E-state index in [0.717, 1.165) is 37.4 Å². The van der Waals surface area contributed by atoms with Crippen LogP contribution in [0.4, 0.5) is 0 Å². The molecular weight excluding hydrogens is 306 g/mol. The molecule has 0 aromatic rings. The topological polar surface area (TPSA) is 37.4 Å². The van der Waals surface area contributed by atoms with Crippen LogP contribution in [0.1, 0.15) is 46.0 Å². The van der Waals surface area contributed by atoms with Gasteiger partial charge >= 0.3 is 0 Å². The van der Waals surface area contributed by atoms with E-state index < -0.39 is 0 Å². The van der Waals surface area contributed by atoms with Crippen LogP contribution in [0.2, 0.25) is 0 Å². The summed E-state index contributed by atoms with van der Waals surface area (Å²) in [6.45, 7) is 4.95. The van der Waals surface area contributed by atoms with Crippen LogP contribution in [0.3, 0.4) is 0 Å². The highest BCUT2D eigenvalue weighted by atomic mass is 79.9. The number of halogens is 1. The molecule has 0 N–H and O–H groups in total. The molecule has 1 saturated heterocycles. The Hall–Kier alpha value is -0.380. The van der Waals surface area contributed by atoms with E-state index in [1.165, 1.54) is 0 Å². The minimum Gasteiger partial charge on any atom is -0.282 e. The maximum atomic E-state index is 12.3. The summed E-state index contributed by atoms with van der Waals surface area (Å²) < 4.78 is 0. The Morgan fingerprint density at radius 3 is 2.26 bits per heavy atom. The molecule has 0 spiro atoms. The average molecular weight is 330 g/mol. The van der Waals surface area contributed by atoms with Crippen LogP contribution in [0.5, 0.6) is 0 Å². The number of imide groups is 1. The molecule has 1 heterocycles. The molecule has 0 aromatic heterocycles. The van der Waals surface area contributed by atoms with Crippen molar-refractivity contribution in [2.45, 2.75) is 46.0 Å². The van der Waals surface area contributed by atoms with E-state index in [1.807, 2.05) is 0 Å². The SMILES string of the molecule is CCC1CC2C(=O)N(CCC(C)CCBr)C(=O)C2C1. The van der Waals surface area contributed by atoms with Crippen LogP contribution < -0.4 is 0 Å². The van der Waals surface area contributed by atoms with Gasteiger partial charge in [0.1, 0.15) is 0 Å². The second kappa shape index (κ2) is 6.38. The van der Waals surface area contributed by atoms with Gasteiger partial charge in [-0.3, -0.25) is 14.5 Å². The van der Waals surface area contributed by atoms with E-state index in [-0.39, 0.29) is 23.7 Å². The summed E-state index contributed by atoms with van der Waals surface area (Å²) >= 11 is 3.43. The van der Waals surface area contributed by atoms with Gasteiger partial charge < -0.3 is 0 Å². The van der Waals surface area contributed by atoms with Crippen molar-refractivity contribution >= 4 is 27.7 Å². The monoisotopic (exact) mass is 329 g/mol. The summed E-state index contributed by atoms with van der Waals surface area (Å²) in [5.74, 6) is 1.36. The van der Waals surface area contributed by atoms with Crippen LogP contribution in [-0.2, 0) is 9.59 Å². The zero-order chi connectivity index (χ0) is 14.0. The number of carbonyl (C=O) groups excluding carboxylic acids is 2. The van der Waals surface area contributed by atoms with Crippen molar-refractivity contribution in [3.63, 3.8) is 0 Å². The molecule has 2 aliphatic rings. The van der Waals surface area contributed by atoms with E-state index in [0.29, 0.717) is 18.4 Å². The second-order valence-corrected chi connectivity index (χ2v) is 6.95. The van der Waals surface area contributed by atoms with Crippen LogP contribution in [-0.4, -0.2) is 28.6 Å². The third kappa shape index (κ3) is 3.04. The lowest BCUT2D eigenvalue weighted by molar-refractivity contribution is -0.140. The molecule has 108 valence electrons. The number of likely N-dealkylation sites (tertiary alicyclic amines) is 1. The zero-order valence-electron chi connectivity index (χ0n) is 11.9. The lowest BCUT2D eigenvalue weighted by atomic mass is 10.00. The summed E-state index contributed by atoms with van der Waals surface area (Å²) in [6.07, 6.45) is 4.98. The molecule has 2 amide bonds. The van der Waals surface area contributed by atoms with Crippen LogP contribution in [0.25, 0.3) is 0 Å². The van der Waals surface area contributed by atoms with Gasteiger partial charge in [-0.2, -0.15) is 0 Å². The van der Waals surface area contributed by atoms with Crippen molar-refractivity contribution in [1.29, 1.82) is 0 Å². The molecule has 1 aliphatic carbocycles. The maximum Gasteiger partial charge on any atom is 0.233 e. The van der Waals surface area contributed by atoms with E-state index in [9.17, 15) is 9.59 Å². The molecule has 0 bridgehead atoms. The third-order valence-corrected chi connectivity index (χ3v) is 5.31.